The molecular formula is C9H8N4S3. The Morgan fingerprint density at radius 2 is 2.38 bits per heavy atom. The Balaban J connectivity index is 2.09. The Morgan fingerprint density at radius 3 is 3.12 bits per heavy atom. The van der Waals surface area contributed by atoms with Gasteiger partial charge in [0.05, 0.1) is 10.6 Å². The highest BCUT2D eigenvalue weighted by atomic mass is 32.2. The van der Waals surface area contributed by atoms with E-state index in [9.17, 15) is 0 Å². The number of thioether (sulfide) groups is 1. The third kappa shape index (κ3) is 1.64. The summed E-state index contributed by atoms with van der Waals surface area (Å²) < 4.78 is 1.84. The van der Waals surface area contributed by atoms with Crippen LogP contribution in [0.25, 0.3) is 14.8 Å². The van der Waals surface area contributed by atoms with Gasteiger partial charge in [-0.2, -0.15) is 21.4 Å². The molecule has 0 aliphatic rings. The number of nitrogens with zero attached hydrogens (tertiary/aromatic N) is 4. The quantitative estimate of drug-likeness (QED) is 0.732. The zero-order chi connectivity index (χ0) is 11.0. The maximum absolute atomic E-state index is 4.54. The maximum Gasteiger partial charge on any atom is 0.235 e. The number of thiophene rings is 1. The summed E-state index contributed by atoms with van der Waals surface area (Å²) in [7, 11) is 0. The Labute approximate surface area is 104 Å². The second-order valence-electron chi connectivity index (χ2n) is 3.13. The number of hydrogen-bond donors (Lipinski definition) is 0. The van der Waals surface area contributed by atoms with Crippen molar-refractivity contribution in [2.75, 3.05) is 6.26 Å². The van der Waals surface area contributed by atoms with E-state index in [0.717, 1.165) is 21.5 Å². The zero-order valence-corrected chi connectivity index (χ0v) is 10.9. The van der Waals surface area contributed by atoms with Crippen LogP contribution in [0.2, 0.25) is 0 Å². The van der Waals surface area contributed by atoms with Crippen LogP contribution in [0, 0.1) is 0 Å². The van der Waals surface area contributed by atoms with Crippen LogP contribution in [0.15, 0.2) is 17.5 Å². The molecule has 0 saturated heterocycles. The minimum Gasteiger partial charge on any atom is -0.186 e. The average Bonchev–Trinajstić information content (AvgIpc) is 2.93. The molecule has 0 saturated carbocycles. The van der Waals surface area contributed by atoms with Gasteiger partial charge in [0.25, 0.3) is 0 Å². The molecule has 0 fully saturated rings. The molecule has 3 aromatic heterocycles. The van der Waals surface area contributed by atoms with Crippen molar-refractivity contribution in [3.05, 3.63) is 23.3 Å². The summed E-state index contributed by atoms with van der Waals surface area (Å²) in [5.74, 6) is 1.76. The third-order valence-corrected chi connectivity index (χ3v) is 4.55. The molecule has 0 aliphatic heterocycles. The molecular weight excluding hydrogens is 260 g/mol. The summed E-state index contributed by atoms with van der Waals surface area (Å²) in [4.78, 5) is 2.05. The molecule has 0 N–H and O–H groups in total. The van der Waals surface area contributed by atoms with Crippen LogP contribution in [0.3, 0.4) is 0 Å². The van der Waals surface area contributed by atoms with E-state index in [0.29, 0.717) is 0 Å². The number of hydrogen-bond acceptors (Lipinski definition) is 6. The predicted octanol–water partition coefficient (Wildman–Crippen LogP) is 2.78. The normalized spacial score (nSPS) is 11.3. The lowest BCUT2D eigenvalue weighted by Crippen LogP contribution is -1.93. The number of fused-ring (bicyclic) bond motifs is 1. The zero-order valence-electron chi connectivity index (χ0n) is 8.45. The molecule has 3 heterocycles. The lowest BCUT2D eigenvalue weighted by atomic mass is 10.5. The van der Waals surface area contributed by atoms with Gasteiger partial charge in [0.2, 0.25) is 4.96 Å². The van der Waals surface area contributed by atoms with Crippen LogP contribution in [-0.4, -0.2) is 26.1 Å². The molecule has 0 radical (unpaired) electrons. The molecule has 0 aromatic carbocycles. The van der Waals surface area contributed by atoms with Crippen LogP contribution in [-0.2, 0) is 5.75 Å². The topological polar surface area (TPSA) is 43.1 Å². The Kier molecular flexibility index (Phi) is 2.66. The van der Waals surface area contributed by atoms with E-state index >= 15 is 0 Å². The van der Waals surface area contributed by atoms with Gasteiger partial charge in [0.1, 0.15) is 0 Å². The van der Waals surface area contributed by atoms with Crippen LogP contribution in [0.5, 0.6) is 0 Å². The van der Waals surface area contributed by atoms with E-state index < -0.39 is 0 Å². The summed E-state index contributed by atoms with van der Waals surface area (Å²) in [5.41, 5.74) is 0. The molecule has 0 aliphatic carbocycles. The van der Waals surface area contributed by atoms with Crippen LogP contribution >= 0.6 is 34.4 Å². The fraction of sp³-hybridized carbons (Fsp3) is 0.222. The van der Waals surface area contributed by atoms with E-state index in [1.807, 2.05) is 16.8 Å². The summed E-state index contributed by atoms with van der Waals surface area (Å²) in [6.07, 6.45) is 2.05. The van der Waals surface area contributed by atoms with Crippen molar-refractivity contribution >= 4 is 39.4 Å². The molecule has 0 atom stereocenters. The van der Waals surface area contributed by atoms with Gasteiger partial charge >= 0.3 is 0 Å². The van der Waals surface area contributed by atoms with Crippen molar-refractivity contribution in [3.8, 4) is 9.88 Å². The fourth-order valence-corrected chi connectivity index (χ4v) is 3.46. The minimum absolute atomic E-state index is 0.842. The highest BCUT2D eigenvalue weighted by molar-refractivity contribution is 7.97. The van der Waals surface area contributed by atoms with Gasteiger partial charge in [-0.15, -0.1) is 21.5 Å². The first kappa shape index (κ1) is 10.2. The SMILES string of the molecule is CSCc1nnc2sc(-c3cccs3)nn12. The minimum atomic E-state index is 0.842. The van der Waals surface area contributed by atoms with E-state index in [-0.39, 0.29) is 0 Å². The molecule has 0 amide bonds. The molecule has 3 aromatic rings. The molecule has 0 unspecified atom stereocenters. The van der Waals surface area contributed by atoms with Gasteiger partial charge in [-0.25, -0.2) is 0 Å². The first-order valence-corrected chi connectivity index (χ1v) is 7.71. The summed E-state index contributed by atoms with van der Waals surface area (Å²) in [5, 5.41) is 15.9. The summed E-state index contributed by atoms with van der Waals surface area (Å²) >= 11 is 5.00. The molecule has 4 nitrogen and oxygen atoms in total. The summed E-state index contributed by atoms with van der Waals surface area (Å²) in [6.45, 7) is 0. The van der Waals surface area contributed by atoms with Crippen LogP contribution in [0.4, 0.5) is 0 Å². The predicted molar refractivity (Wildman–Crippen MR) is 69.2 cm³/mol. The van der Waals surface area contributed by atoms with Crippen molar-refractivity contribution < 1.29 is 0 Å². The van der Waals surface area contributed by atoms with Crippen molar-refractivity contribution in [3.63, 3.8) is 0 Å². The number of rotatable bonds is 3. The van der Waals surface area contributed by atoms with E-state index in [2.05, 4.69) is 26.7 Å². The van der Waals surface area contributed by atoms with Gasteiger partial charge in [-0.3, -0.25) is 0 Å². The van der Waals surface area contributed by atoms with Crippen molar-refractivity contribution in [1.82, 2.24) is 19.8 Å². The first-order valence-electron chi connectivity index (χ1n) is 4.62. The van der Waals surface area contributed by atoms with Gasteiger partial charge in [-0.1, -0.05) is 17.4 Å². The molecule has 0 bridgehead atoms. The molecule has 0 spiro atoms. The van der Waals surface area contributed by atoms with Gasteiger partial charge < -0.3 is 0 Å². The van der Waals surface area contributed by atoms with Gasteiger partial charge in [0, 0.05) is 0 Å². The van der Waals surface area contributed by atoms with E-state index in [1.54, 1.807) is 34.4 Å². The lowest BCUT2D eigenvalue weighted by molar-refractivity contribution is 0.889. The first-order chi connectivity index (χ1) is 7.88. The Hall–Kier alpha value is -0.920. The highest BCUT2D eigenvalue weighted by Crippen LogP contribution is 2.29. The fourth-order valence-electron chi connectivity index (χ4n) is 1.38. The van der Waals surface area contributed by atoms with Gasteiger partial charge in [-0.05, 0) is 17.7 Å². The molecule has 3 rings (SSSR count). The molecule has 82 valence electrons. The molecule has 7 heteroatoms. The Bertz CT molecular complexity index is 595. The molecule has 16 heavy (non-hydrogen) atoms. The second kappa shape index (κ2) is 4.15. The standard InChI is InChI=1S/C9H8N4S3/c1-14-5-7-10-11-9-13(7)12-8(16-9)6-3-2-4-15-6/h2-4H,5H2,1H3. The van der Waals surface area contributed by atoms with Crippen LogP contribution < -0.4 is 0 Å². The lowest BCUT2D eigenvalue weighted by Gasteiger charge is -1.90. The third-order valence-electron chi connectivity index (χ3n) is 2.06. The largest absolute Gasteiger partial charge is 0.235 e. The van der Waals surface area contributed by atoms with Gasteiger partial charge in [0.15, 0.2) is 10.8 Å². The van der Waals surface area contributed by atoms with E-state index in [4.69, 9.17) is 0 Å². The van der Waals surface area contributed by atoms with Crippen molar-refractivity contribution in [2.45, 2.75) is 5.75 Å². The monoisotopic (exact) mass is 268 g/mol. The van der Waals surface area contributed by atoms with E-state index in [1.165, 1.54) is 4.88 Å². The van der Waals surface area contributed by atoms with Crippen molar-refractivity contribution in [1.29, 1.82) is 0 Å². The second-order valence-corrected chi connectivity index (χ2v) is 5.90. The van der Waals surface area contributed by atoms with Crippen LogP contribution in [0.1, 0.15) is 5.82 Å². The summed E-state index contributed by atoms with van der Waals surface area (Å²) in [6, 6.07) is 4.11. The average molecular weight is 268 g/mol. The highest BCUT2D eigenvalue weighted by Gasteiger charge is 2.12. The van der Waals surface area contributed by atoms with Crippen molar-refractivity contribution in [2.24, 2.45) is 0 Å². The maximum atomic E-state index is 4.54. The smallest absolute Gasteiger partial charge is 0.186 e. The number of aromatic nitrogens is 4. The Morgan fingerprint density at radius 1 is 1.44 bits per heavy atom.